The first-order valence-corrected chi connectivity index (χ1v) is 5.89. The molecule has 4 nitrogen and oxygen atoms in total. The van der Waals surface area contributed by atoms with Crippen LogP contribution in [0.3, 0.4) is 0 Å². The van der Waals surface area contributed by atoms with Crippen LogP contribution in [0, 0.1) is 0 Å². The van der Waals surface area contributed by atoms with Crippen molar-refractivity contribution in [1.82, 2.24) is 0 Å². The molecule has 1 aromatic rings. The third kappa shape index (κ3) is 4.87. The number of benzene rings is 1. The van der Waals surface area contributed by atoms with E-state index in [0.717, 1.165) is 0 Å². The Hall–Kier alpha value is -1.55. The van der Waals surface area contributed by atoms with Crippen molar-refractivity contribution in [3.05, 3.63) is 24.3 Å². The fraction of sp³-hybridized carbons (Fsp3) is 0.462. The van der Waals surface area contributed by atoms with Gasteiger partial charge in [-0.25, -0.2) is 0 Å². The molecule has 0 saturated carbocycles. The van der Waals surface area contributed by atoms with Gasteiger partial charge in [0.2, 0.25) is 5.91 Å². The Kier molecular flexibility index (Phi) is 5.49. The van der Waals surface area contributed by atoms with Crippen LogP contribution in [0.4, 0.5) is 5.69 Å². The van der Waals surface area contributed by atoms with E-state index < -0.39 is 0 Å². The molecular weight excluding hydrogens is 216 g/mol. The summed E-state index contributed by atoms with van der Waals surface area (Å²) in [6.45, 7) is 4.43. The van der Waals surface area contributed by atoms with Gasteiger partial charge in [-0.1, -0.05) is 12.1 Å². The predicted octanol–water partition coefficient (Wildman–Crippen LogP) is 2.15. The lowest BCUT2D eigenvalue weighted by Gasteiger charge is -2.14. The Morgan fingerprint density at radius 3 is 2.76 bits per heavy atom. The summed E-state index contributed by atoms with van der Waals surface area (Å²) in [7, 11) is 0. The maximum Gasteiger partial charge on any atom is 0.224 e. The number of anilines is 1. The number of hydrogen-bond acceptors (Lipinski definition) is 3. The Bertz CT molecular complexity index is 364. The molecule has 0 aliphatic carbocycles. The normalized spacial score (nSPS) is 10.4. The van der Waals surface area contributed by atoms with Crippen molar-refractivity contribution < 1.29 is 9.53 Å². The Balaban J connectivity index is 2.66. The maximum absolute atomic E-state index is 11.6. The highest BCUT2D eigenvalue weighted by Gasteiger charge is 2.07. The van der Waals surface area contributed by atoms with Gasteiger partial charge in [0.05, 0.1) is 11.8 Å². The van der Waals surface area contributed by atoms with Crippen molar-refractivity contribution >= 4 is 11.6 Å². The fourth-order valence-electron chi connectivity index (χ4n) is 1.40. The van der Waals surface area contributed by atoms with Crippen molar-refractivity contribution in [2.75, 3.05) is 11.9 Å². The van der Waals surface area contributed by atoms with Gasteiger partial charge in [-0.05, 0) is 38.9 Å². The number of para-hydroxylation sites is 2. The summed E-state index contributed by atoms with van der Waals surface area (Å²) in [6.07, 6.45) is 1.21. The molecule has 3 N–H and O–H groups in total. The van der Waals surface area contributed by atoms with Crippen LogP contribution in [0.1, 0.15) is 26.7 Å². The van der Waals surface area contributed by atoms with E-state index in [9.17, 15) is 4.79 Å². The number of hydrogen-bond donors (Lipinski definition) is 2. The lowest BCUT2D eigenvalue weighted by molar-refractivity contribution is -0.116. The molecule has 0 heterocycles. The largest absolute Gasteiger partial charge is 0.489 e. The molecule has 94 valence electrons. The topological polar surface area (TPSA) is 64.3 Å². The molecule has 0 saturated heterocycles. The van der Waals surface area contributed by atoms with Crippen LogP contribution < -0.4 is 15.8 Å². The van der Waals surface area contributed by atoms with Gasteiger partial charge in [-0.2, -0.15) is 0 Å². The second-order valence-electron chi connectivity index (χ2n) is 4.10. The molecule has 0 fully saturated rings. The Morgan fingerprint density at radius 1 is 1.41 bits per heavy atom. The molecular formula is C13H20N2O2. The molecule has 0 aliphatic rings. The van der Waals surface area contributed by atoms with E-state index in [1.807, 2.05) is 38.1 Å². The van der Waals surface area contributed by atoms with Crippen molar-refractivity contribution in [2.24, 2.45) is 5.73 Å². The van der Waals surface area contributed by atoms with Crippen LogP contribution in [0.25, 0.3) is 0 Å². The molecule has 0 radical (unpaired) electrons. The maximum atomic E-state index is 11.6. The summed E-state index contributed by atoms with van der Waals surface area (Å²) < 4.78 is 5.61. The monoisotopic (exact) mass is 236 g/mol. The van der Waals surface area contributed by atoms with Crippen molar-refractivity contribution in [3.8, 4) is 5.75 Å². The molecule has 0 aromatic heterocycles. The van der Waals surface area contributed by atoms with Gasteiger partial charge in [0.1, 0.15) is 5.75 Å². The second kappa shape index (κ2) is 6.91. The van der Waals surface area contributed by atoms with E-state index >= 15 is 0 Å². The van der Waals surface area contributed by atoms with Gasteiger partial charge in [0.15, 0.2) is 0 Å². The standard InChI is InChI=1S/C13H20N2O2/c1-10(2)17-12-7-4-3-6-11(12)15-13(16)8-5-9-14/h3-4,6-7,10H,5,8-9,14H2,1-2H3,(H,15,16). The molecule has 0 bridgehead atoms. The van der Waals surface area contributed by atoms with Crippen molar-refractivity contribution in [2.45, 2.75) is 32.8 Å². The van der Waals surface area contributed by atoms with E-state index in [2.05, 4.69) is 5.32 Å². The summed E-state index contributed by atoms with van der Waals surface area (Å²) in [5.41, 5.74) is 6.07. The number of carbonyl (C=O) groups is 1. The summed E-state index contributed by atoms with van der Waals surface area (Å²) in [5.74, 6) is 0.666. The van der Waals surface area contributed by atoms with Gasteiger partial charge < -0.3 is 15.8 Å². The Morgan fingerprint density at radius 2 is 2.12 bits per heavy atom. The van der Waals surface area contributed by atoms with E-state index in [0.29, 0.717) is 30.8 Å². The molecule has 0 aliphatic heterocycles. The highest BCUT2D eigenvalue weighted by Crippen LogP contribution is 2.24. The van der Waals surface area contributed by atoms with Crippen LogP contribution in [0.5, 0.6) is 5.75 Å². The average molecular weight is 236 g/mol. The number of amides is 1. The second-order valence-corrected chi connectivity index (χ2v) is 4.10. The van der Waals surface area contributed by atoms with Crippen LogP contribution in [-0.2, 0) is 4.79 Å². The third-order valence-corrected chi connectivity index (χ3v) is 2.13. The number of ether oxygens (including phenoxy) is 1. The van der Waals surface area contributed by atoms with Gasteiger partial charge >= 0.3 is 0 Å². The van der Waals surface area contributed by atoms with Crippen LogP contribution in [0.15, 0.2) is 24.3 Å². The average Bonchev–Trinajstić information content (AvgIpc) is 2.28. The summed E-state index contributed by atoms with van der Waals surface area (Å²) in [5, 5.41) is 2.83. The minimum Gasteiger partial charge on any atom is -0.489 e. The summed E-state index contributed by atoms with van der Waals surface area (Å²) in [4.78, 5) is 11.6. The third-order valence-electron chi connectivity index (χ3n) is 2.13. The molecule has 1 aromatic carbocycles. The molecule has 0 atom stereocenters. The number of carbonyl (C=O) groups excluding carboxylic acids is 1. The van der Waals surface area contributed by atoms with Crippen LogP contribution in [0.2, 0.25) is 0 Å². The molecule has 1 rings (SSSR count). The summed E-state index contributed by atoms with van der Waals surface area (Å²) in [6, 6.07) is 7.43. The molecule has 0 spiro atoms. The highest BCUT2D eigenvalue weighted by molar-refractivity contribution is 5.92. The molecule has 0 unspecified atom stereocenters. The zero-order valence-corrected chi connectivity index (χ0v) is 10.4. The quantitative estimate of drug-likeness (QED) is 0.795. The number of nitrogens with one attached hydrogen (secondary N) is 1. The smallest absolute Gasteiger partial charge is 0.224 e. The van der Waals surface area contributed by atoms with E-state index in [-0.39, 0.29) is 12.0 Å². The van der Waals surface area contributed by atoms with Crippen LogP contribution in [-0.4, -0.2) is 18.6 Å². The summed E-state index contributed by atoms with van der Waals surface area (Å²) >= 11 is 0. The SMILES string of the molecule is CC(C)Oc1ccccc1NC(=O)CCCN. The van der Waals surface area contributed by atoms with Gasteiger partial charge in [-0.15, -0.1) is 0 Å². The minimum absolute atomic E-state index is 0.0322. The number of nitrogens with two attached hydrogens (primary N) is 1. The zero-order valence-electron chi connectivity index (χ0n) is 10.4. The first-order chi connectivity index (χ1) is 8.13. The van der Waals surface area contributed by atoms with Crippen molar-refractivity contribution in [3.63, 3.8) is 0 Å². The first-order valence-electron chi connectivity index (χ1n) is 5.89. The lowest BCUT2D eigenvalue weighted by Crippen LogP contribution is -2.15. The zero-order chi connectivity index (χ0) is 12.7. The van der Waals surface area contributed by atoms with Crippen LogP contribution >= 0.6 is 0 Å². The van der Waals surface area contributed by atoms with E-state index in [1.54, 1.807) is 0 Å². The van der Waals surface area contributed by atoms with E-state index in [4.69, 9.17) is 10.5 Å². The minimum atomic E-state index is -0.0322. The molecule has 17 heavy (non-hydrogen) atoms. The fourth-order valence-corrected chi connectivity index (χ4v) is 1.40. The van der Waals surface area contributed by atoms with Gasteiger partial charge in [-0.3, -0.25) is 4.79 Å². The lowest BCUT2D eigenvalue weighted by atomic mass is 10.2. The van der Waals surface area contributed by atoms with Crippen molar-refractivity contribution in [1.29, 1.82) is 0 Å². The highest BCUT2D eigenvalue weighted by atomic mass is 16.5. The van der Waals surface area contributed by atoms with Gasteiger partial charge in [0.25, 0.3) is 0 Å². The van der Waals surface area contributed by atoms with Gasteiger partial charge in [0, 0.05) is 6.42 Å². The molecule has 4 heteroatoms. The van der Waals surface area contributed by atoms with E-state index in [1.165, 1.54) is 0 Å². The number of rotatable bonds is 6. The molecule has 1 amide bonds. The predicted molar refractivity (Wildman–Crippen MR) is 69.1 cm³/mol. The first kappa shape index (κ1) is 13.5. The Labute approximate surface area is 102 Å².